The van der Waals surface area contributed by atoms with E-state index in [0.717, 1.165) is 12.1 Å². The van der Waals surface area contributed by atoms with E-state index in [2.05, 4.69) is 0 Å². The molecule has 27 heavy (non-hydrogen) atoms. The number of hydrogen-bond donors (Lipinski definition) is 0. The largest absolute Gasteiger partial charge is 0.496 e. The molecule has 1 aliphatic heterocycles. The first kappa shape index (κ1) is 19.7. The molecule has 0 aliphatic carbocycles. The van der Waals surface area contributed by atoms with Gasteiger partial charge in [-0.2, -0.15) is 13.2 Å². The molecule has 0 amide bonds. The van der Waals surface area contributed by atoms with Crippen molar-refractivity contribution in [3.05, 3.63) is 64.1 Å². The molecule has 0 unspecified atom stereocenters. The van der Waals surface area contributed by atoms with Crippen LogP contribution in [0.4, 0.5) is 13.2 Å². The van der Waals surface area contributed by atoms with Gasteiger partial charge in [0.15, 0.2) is 0 Å². The summed E-state index contributed by atoms with van der Waals surface area (Å²) in [5, 5.41) is 0. The third-order valence-corrected chi connectivity index (χ3v) is 5.14. The molecular weight excluding hydrogens is 358 g/mol. The van der Waals surface area contributed by atoms with E-state index in [4.69, 9.17) is 9.31 Å². The lowest BCUT2D eigenvalue weighted by molar-refractivity contribution is -0.137. The van der Waals surface area contributed by atoms with Crippen LogP contribution in [-0.4, -0.2) is 22.9 Å². The Kier molecular flexibility index (Phi) is 4.76. The molecule has 0 N–H and O–H groups in total. The van der Waals surface area contributed by atoms with Crippen LogP contribution in [0.5, 0.6) is 0 Å². The maximum atomic E-state index is 12.9. The third-order valence-electron chi connectivity index (χ3n) is 5.14. The van der Waals surface area contributed by atoms with E-state index in [-0.39, 0.29) is 12.1 Å². The van der Waals surface area contributed by atoms with Crippen molar-refractivity contribution in [2.45, 2.75) is 51.6 Å². The Bertz CT molecular complexity index is 890. The first-order valence-corrected chi connectivity index (χ1v) is 8.61. The summed E-state index contributed by atoms with van der Waals surface area (Å²) >= 11 is 0. The molecule has 3 rings (SSSR count). The Morgan fingerprint density at radius 2 is 1.67 bits per heavy atom. The number of alkyl halides is 3. The molecular formula is C19H21BF3NO3. The van der Waals surface area contributed by atoms with Crippen LogP contribution in [0.15, 0.2) is 47.4 Å². The van der Waals surface area contributed by atoms with Crippen molar-refractivity contribution < 1.29 is 22.5 Å². The second kappa shape index (κ2) is 6.53. The van der Waals surface area contributed by atoms with Crippen LogP contribution in [0.1, 0.15) is 38.8 Å². The lowest BCUT2D eigenvalue weighted by atomic mass is 9.80. The number of benzene rings is 1. The Hall–Kier alpha value is -2.06. The monoisotopic (exact) mass is 379 g/mol. The number of nitrogens with zero attached hydrogens (tertiary/aromatic N) is 1. The quantitative estimate of drug-likeness (QED) is 0.770. The minimum atomic E-state index is -4.43. The highest BCUT2D eigenvalue weighted by atomic mass is 19.4. The van der Waals surface area contributed by atoms with Gasteiger partial charge in [0.2, 0.25) is 0 Å². The number of hydrogen-bond acceptors (Lipinski definition) is 3. The zero-order chi connectivity index (χ0) is 20.0. The van der Waals surface area contributed by atoms with Crippen LogP contribution in [-0.2, 0) is 22.0 Å². The maximum absolute atomic E-state index is 12.9. The molecule has 0 bridgehead atoms. The average molecular weight is 379 g/mol. The molecule has 0 saturated carbocycles. The first-order chi connectivity index (χ1) is 12.4. The van der Waals surface area contributed by atoms with Crippen molar-refractivity contribution in [3.63, 3.8) is 0 Å². The van der Waals surface area contributed by atoms with Gasteiger partial charge in [0.05, 0.1) is 23.3 Å². The standard InChI is InChI=1S/C19H21BF3NO3/c1-17(2)18(3,4)27-20(26-17)15-8-9-16(25)24(12-15)11-13-6-5-7-14(10-13)19(21,22)23/h5-10,12H,11H2,1-4H3. The summed E-state index contributed by atoms with van der Waals surface area (Å²) in [7, 11) is -0.650. The fourth-order valence-corrected chi connectivity index (χ4v) is 2.83. The fourth-order valence-electron chi connectivity index (χ4n) is 2.83. The van der Waals surface area contributed by atoms with E-state index >= 15 is 0 Å². The highest BCUT2D eigenvalue weighted by Crippen LogP contribution is 2.36. The van der Waals surface area contributed by atoms with Gasteiger partial charge in [0, 0.05) is 12.3 Å². The van der Waals surface area contributed by atoms with E-state index < -0.39 is 30.1 Å². The molecule has 2 heterocycles. The molecule has 1 aromatic heterocycles. The van der Waals surface area contributed by atoms with Crippen molar-refractivity contribution in [3.8, 4) is 0 Å². The van der Waals surface area contributed by atoms with Gasteiger partial charge in [-0.05, 0) is 50.9 Å². The SMILES string of the molecule is CC1(C)OB(c2ccc(=O)n(Cc3cccc(C(F)(F)F)c3)c2)OC1(C)C. The van der Waals surface area contributed by atoms with Crippen molar-refractivity contribution >= 4 is 12.6 Å². The van der Waals surface area contributed by atoms with Crippen LogP contribution in [0.2, 0.25) is 0 Å². The Morgan fingerprint density at radius 3 is 2.26 bits per heavy atom. The maximum Gasteiger partial charge on any atom is 0.496 e. The van der Waals surface area contributed by atoms with Gasteiger partial charge >= 0.3 is 13.3 Å². The summed E-state index contributed by atoms with van der Waals surface area (Å²) in [6.45, 7) is 7.71. The molecule has 1 saturated heterocycles. The van der Waals surface area contributed by atoms with Gasteiger partial charge < -0.3 is 13.9 Å². The van der Waals surface area contributed by atoms with Crippen molar-refractivity contribution in [2.75, 3.05) is 0 Å². The normalized spacial score (nSPS) is 18.7. The summed E-state index contributed by atoms with van der Waals surface area (Å²) in [5.74, 6) is 0. The summed E-state index contributed by atoms with van der Waals surface area (Å²) < 4.78 is 52.0. The zero-order valence-electron chi connectivity index (χ0n) is 15.6. The van der Waals surface area contributed by atoms with Gasteiger partial charge in [0.1, 0.15) is 0 Å². The van der Waals surface area contributed by atoms with E-state index in [1.165, 1.54) is 16.7 Å². The molecule has 1 aromatic carbocycles. The minimum absolute atomic E-state index is 0.0239. The van der Waals surface area contributed by atoms with Crippen LogP contribution in [0, 0.1) is 0 Å². The van der Waals surface area contributed by atoms with E-state index in [0.29, 0.717) is 11.0 Å². The highest BCUT2D eigenvalue weighted by Gasteiger charge is 2.51. The van der Waals surface area contributed by atoms with Crippen LogP contribution in [0.3, 0.4) is 0 Å². The average Bonchev–Trinajstić information content (AvgIpc) is 2.77. The topological polar surface area (TPSA) is 40.5 Å². The van der Waals surface area contributed by atoms with Crippen molar-refractivity contribution in [1.29, 1.82) is 0 Å². The molecule has 8 heteroatoms. The molecule has 1 aliphatic rings. The van der Waals surface area contributed by atoms with Gasteiger partial charge in [-0.1, -0.05) is 18.2 Å². The number of pyridine rings is 1. The number of halogens is 3. The van der Waals surface area contributed by atoms with E-state index in [1.807, 2.05) is 27.7 Å². The van der Waals surface area contributed by atoms with Crippen molar-refractivity contribution in [2.24, 2.45) is 0 Å². The third kappa shape index (κ3) is 3.96. The minimum Gasteiger partial charge on any atom is -0.399 e. The molecule has 0 radical (unpaired) electrons. The van der Waals surface area contributed by atoms with E-state index in [1.54, 1.807) is 18.3 Å². The summed E-state index contributed by atoms with van der Waals surface area (Å²) in [5.41, 5.74) is -1.08. The Labute approximate surface area is 156 Å². The highest BCUT2D eigenvalue weighted by molar-refractivity contribution is 6.62. The first-order valence-electron chi connectivity index (χ1n) is 8.61. The predicted molar refractivity (Wildman–Crippen MR) is 97.0 cm³/mol. The van der Waals surface area contributed by atoms with E-state index in [9.17, 15) is 18.0 Å². The van der Waals surface area contributed by atoms with Gasteiger partial charge in [0.25, 0.3) is 5.56 Å². The lowest BCUT2D eigenvalue weighted by Gasteiger charge is -2.32. The molecule has 4 nitrogen and oxygen atoms in total. The molecule has 144 valence electrons. The number of aromatic nitrogens is 1. The second-order valence-electron chi connectivity index (χ2n) is 7.71. The Morgan fingerprint density at radius 1 is 1.04 bits per heavy atom. The summed E-state index contributed by atoms with van der Waals surface area (Å²) in [6.07, 6.45) is -2.85. The Balaban J connectivity index is 1.89. The van der Waals surface area contributed by atoms with Gasteiger partial charge in [-0.25, -0.2) is 0 Å². The lowest BCUT2D eigenvalue weighted by Crippen LogP contribution is -2.41. The second-order valence-corrected chi connectivity index (χ2v) is 7.71. The predicted octanol–water partition coefficient (Wildman–Crippen LogP) is 3.21. The molecule has 1 fully saturated rings. The zero-order valence-corrected chi connectivity index (χ0v) is 15.6. The smallest absolute Gasteiger partial charge is 0.399 e. The van der Waals surface area contributed by atoms with Gasteiger partial charge in [-0.15, -0.1) is 0 Å². The molecule has 2 aromatic rings. The van der Waals surface area contributed by atoms with Crippen LogP contribution in [0.25, 0.3) is 0 Å². The van der Waals surface area contributed by atoms with Crippen LogP contribution < -0.4 is 11.0 Å². The van der Waals surface area contributed by atoms with Crippen molar-refractivity contribution in [1.82, 2.24) is 4.57 Å². The summed E-state index contributed by atoms with van der Waals surface area (Å²) in [6, 6.07) is 7.94. The number of rotatable bonds is 3. The fraction of sp³-hybridized carbons (Fsp3) is 0.421. The molecule has 0 spiro atoms. The summed E-state index contributed by atoms with van der Waals surface area (Å²) in [4.78, 5) is 12.2. The molecule has 0 atom stereocenters. The van der Waals surface area contributed by atoms with Crippen LogP contribution >= 0.6 is 0 Å². The van der Waals surface area contributed by atoms with Gasteiger partial charge in [-0.3, -0.25) is 4.79 Å².